The van der Waals surface area contributed by atoms with Crippen LogP contribution in [0.3, 0.4) is 0 Å². The number of carbonyl (C=O) groups excluding carboxylic acids is 1. The number of hydrogen-bond donors (Lipinski definition) is 1. The van der Waals surface area contributed by atoms with Crippen LogP contribution in [0.15, 0.2) is 75.9 Å². The van der Waals surface area contributed by atoms with Crippen LogP contribution in [0.25, 0.3) is 0 Å². The molecule has 0 saturated carbocycles. The molecule has 0 bridgehead atoms. The molecule has 0 saturated heterocycles. The highest BCUT2D eigenvalue weighted by Crippen LogP contribution is 2.21. The Labute approximate surface area is 189 Å². The number of furan rings is 1. The van der Waals surface area contributed by atoms with Crippen molar-refractivity contribution in [2.24, 2.45) is 0 Å². The summed E-state index contributed by atoms with van der Waals surface area (Å²) in [5.41, 5.74) is 3.89. The fraction of sp³-hybridized carbons (Fsp3) is 0.167. The van der Waals surface area contributed by atoms with Crippen molar-refractivity contribution < 1.29 is 13.9 Å². The molecule has 4 rings (SSSR count). The Morgan fingerprint density at radius 1 is 1.13 bits per heavy atom. The number of benzene rings is 2. The molecule has 0 fully saturated rings. The molecule has 31 heavy (non-hydrogen) atoms. The summed E-state index contributed by atoms with van der Waals surface area (Å²) in [6, 6.07) is 17.4. The number of aromatic nitrogens is 2. The number of nitrogens with one attached hydrogen (secondary N) is 1. The van der Waals surface area contributed by atoms with Gasteiger partial charge in [-0.25, -0.2) is 0 Å². The number of carbonyl (C=O) groups is 1. The van der Waals surface area contributed by atoms with Gasteiger partial charge in [-0.1, -0.05) is 40.2 Å². The first kappa shape index (κ1) is 20.9. The smallest absolute Gasteiger partial charge is 0.291 e. The van der Waals surface area contributed by atoms with Gasteiger partial charge in [0.2, 0.25) is 0 Å². The van der Waals surface area contributed by atoms with E-state index in [-0.39, 0.29) is 18.3 Å². The number of nitrogens with zero attached hydrogens (tertiary/aromatic N) is 2. The van der Waals surface area contributed by atoms with Crippen LogP contribution in [-0.2, 0) is 13.2 Å². The van der Waals surface area contributed by atoms with E-state index in [1.165, 1.54) is 0 Å². The van der Waals surface area contributed by atoms with E-state index in [1.54, 1.807) is 29.2 Å². The Kier molecular flexibility index (Phi) is 6.23. The van der Waals surface area contributed by atoms with Crippen LogP contribution >= 0.6 is 15.9 Å². The summed E-state index contributed by atoms with van der Waals surface area (Å²) in [4.78, 5) is 12.5. The van der Waals surface area contributed by atoms with E-state index in [1.807, 2.05) is 56.3 Å². The summed E-state index contributed by atoms with van der Waals surface area (Å²) in [7, 11) is 0. The zero-order valence-electron chi connectivity index (χ0n) is 17.3. The number of rotatable bonds is 7. The van der Waals surface area contributed by atoms with Gasteiger partial charge in [0.05, 0.1) is 18.4 Å². The Hall–Kier alpha value is -3.32. The van der Waals surface area contributed by atoms with Gasteiger partial charge in [-0.3, -0.25) is 9.48 Å². The monoisotopic (exact) mass is 479 g/mol. The Bertz CT molecular complexity index is 1200. The maximum absolute atomic E-state index is 12.5. The second kappa shape index (κ2) is 9.22. The van der Waals surface area contributed by atoms with Crippen LogP contribution in [0.5, 0.6) is 5.75 Å². The zero-order valence-corrected chi connectivity index (χ0v) is 18.8. The molecule has 0 aliphatic rings. The summed E-state index contributed by atoms with van der Waals surface area (Å²) in [6.45, 7) is 4.88. The molecule has 2 aromatic heterocycles. The average Bonchev–Trinajstić information content (AvgIpc) is 3.40. The fourth-order valence-electron chi connectivity index (χ4n) is 3.07. The molecule has 0 unspecified atom stereocenters. The Morgan fingerprint density at radius 2 is 1.94 bits per heavy atom. The number of amides is 1. The minimum atomic E-state index is -0.332. The van der Waals surface area contributed by atoms with E-state index in [0.717, 1.165) is 26.9 Å². The largest absolute Gasteiger partial charge is 0.485 e. The maximum atomic E-state index is 12.5. The third-order valence-electron chi connectivity index (χ3n) is 4.75. The highest BCUT2D eigenvalue weighted by molar-refractivity contribution is 9.10. The summed E-state index contributed by atoms with van der Waals surface area (Å²) < 4.78 is 14.3. The summed E-state index contributed by atoms with van der Waals surface area (Å²) in [5.74, 6) is 1.28. The first-order valence-corrected chi connectivity index (χ1v) is 10.6. The van der Waals surface area contributed by atoms with Crippen molar-refractivity contribution in [1.82, 2.24) is 9.78 Å². The van der Waals surface area contributed by atoms with Crippen molar-refractivity contribution >= 4 is 27.5 Å². The molecule has 0 atom stereocenters. The molecule has 0 aliphatic carbocycles. The molecule has 2 heterocycles. The lowest BCUT2D eigenvalue weighted by atomic mass is 10.1. The van der Waals surface area contributed by atoms with Crippen molar-refractivity contribution in [3.05, 3.63) is 99.7 Å². The minimum Gasteiger partial charge on any atom is -0.485 e. The molecule has 1 amide bonds. The average molecular weight is 480 g/mol. The maximum Gasteiger partial charge on any atom is 0.291 e. The first-order chi connectivity index (χ1) is 15.0. The first-order valence-electron chi connectivity index (χ1n) is 9.83. The third kappa shape index (κ3) is 5.44. The summed E-state index contributed by atoms with van der Waals surface area (Å²) in [6.07, 6.45) is 3.40. The molecular formula is C24H22BrN3O3. The van der Waals surface area contributed by atoms with E-state index < -0.39 is 0 Å². The molecule has 0 aliphatic heterocycles. The molecule has 158 valence electrons. The quantitative estimate of drug-likeness (QED) is 0.367. The molecular weight excluding hydrogens is 458 g/mol. The predicted molar refractivity (Wildman–Crippen MR) is 122 cm³/mol. The van der Waals surface area contributed by atoms with Gasteiger partial charge in [0.1, 0.15) is 18.1 Å². The summed E-state index contributed by atoms with van der Waals surface area (Å²) in [5, 5.41) is 7.12. The Balaban J connectivity index is 1.34. The molecule has 7 heteroatoms. The molecule has 6 nitrogen and oxygen atoms in total. The second-order valence-electron chi connectivity index (χ2n) is 7.33. The number of aryl methyl sites for hydroxylation is 2. The lowest BCUT2D eigenvalue weighted by Crippen LogP contribution is -2.10. The molecule has 0 spiro atoms. The van der Waals surface area contributed by atoms with Crippen molar-refractivity contribution in [2.45, 2.75) is 27.0 Å². The van der Waals surface area contributed by atoms with Gasteiger partial charge in [0.15, 0.2) is 5.76 Å². The van der Waals surface area contributed by atoms with Crippen molar-refractivity contribution in [1.29, 1.82) is 0 Å². The van der Waals surface area contributed by atoms with Crippen molar-refractivity contribution in [3.8, 4) is 5.75 Å². The Morgan fingerprint density at radius 3 is 2.74 bits per heavy atom. The number of ether oxygens (including phenoxy) is 1. The highest BCUT2D eigenvalue weighted by atomic mass is 79.9. The molecule has 4 aromatic rings. The van der Waals surface area contributed by atoms with E-state index in [0.29, 0.717) is 18.0 Å². The molecule has 2 aromatic carbocycles. The van der Waals surface area contributed by atoms with Gasteiger partial charge in [-0.2, -0.15) is 5.10 Å². The van der Waals surface area contributed by atoms with Gasteiger partial charge in [0, 0.05) is 10.7 Å². The third-order valence-corrected chi connectivity index (χ3v) is 5.28. The number of anilines is 1. The second-order valence-corrected chi connectivity index (χ2v) is 8.25. The van der Waals surface area contributed by atoms with Crippen molar-refractivity contribution in [3.63, 3.8) is 0 Å². The van der Waals surface area contributed by atoms with E-state index in [4.69, 9.17) is 9.15 Å². The van der Waals surface area contributed by atoms with Gasteiger partial charge in [0.25, 0.3) is 5.91 Å². The molecule has 0 radical (unpaired) electrons. The highest BCUT2D eigenvalue weighted by Gasteiger charge is 2.13. The summed E-state index contributed by atoms with van der Waals surface area (Å²) >= 11 is 3.43. The van der Waals surface area contributed by atoms with Crippen molar-refractivity contribution in [2.75, 3.05) is 5.32 Å². The van der Waals surface area contributed by atoms with Crippen LogP contribution < -0.4 is 10.1 Å². The van der Waals surface area contributed by atoms with Gasteiger partial charge >= 0.3 is 0 Å². The molecule has 1 N–H and O–H groups in total. The lowest BCUT2D eigenvalue weighted by Gasteiger charge is -2.08. The van der Waals surface area contributed by atoms with Crippen LogP contribution in [0.1, 0.15) is 33.0 Å². The number of hydrogen-bond acceptors (Lipinski definition) is 4. The van der Waals surface area contributed by atoms with E-state index in [2.05, 4.69) is 26.3 Å². The van der Waals surface area contributed by atoms with Crippen LogP contribution in [0.4, 0.5) is 5.69 Å². The van der Waals surface area contributed by atoms with Gasteiger partial charge in [-0.05, 0) is 60.9 Å². The van der Waals surface area contributed by atoms with Gasteiger partial charge < -0.3 is 14.5 Å². The predicted octanol–water partition coefficient (Wildman–Crippen LogP) is 5.74. The zero-order chi connectivity index (χ0) is 21.8. The standard InChI is InChI=1S/C24H22BrN3O3/c1-16-3-4-17(2)23(11-16)30-15-21-9-10-22(31-21)24(29)27-20-12-26-28(14-20)13-18-5-7-19(25)8-6-18/h3-12,14H,13,15H2,1-2H3,(H,27,29). The van der Waals surface area contributed by atoms with Crippen LogP contribution in [-0.4, -0.2) is 15.7 Å². The van der Waals surface area contributed by atoms with E-state index >= 15 is 0 Å². The minimum absolute atomic E-state index is 0.222. The van der Waals surface area contributed by atoms with Crippen LogP contribution in [0, 0.1) is 13.8 Å². The topological polar surface area (TPSA) is 69.3 Å². The SMILES string of the molecule is Cc1ccc(C)c(OCc2ccc(C(=O)Nc3cnn(Cc4ccc(Br)cc4)c3)o2)c1. The van der Waals surface area contributed by atoms with Gasteiger partial charge in [-0.15, -0.1) is 0 Å². The lowest BCUT2D eigenvalue weighted by molar-refractivity contribution is 0.0992. The fourth-order valence-corrected chi connectivity index (χ4v) is 3.34. The number of halogens is 1. The normalized spacial score (nSPS) is 10.8. The van der Waals surface area contributed by atoms with Crippen LogP contribution in [0.2, 0.25) is 0 Å². The van der Waals surface area contributed by atoms with E-state index in [9.17, 15) is 4.79 Å².